The molecule has 0 fully saturated rings. The fourth-order valence-electron chi connectivity index (χ4n) is 0.282. The predicted molar refractivity (Wildman–Crippen MR) is 49.3 cm³/mol. The van der Waals surface area contributed by atoms with E-state index in [1.807, 2.05) is 0 Å². The summed E-state index contributed by atoms with van der Waals surface area (Å²) in [6.45, 7) is 2.20. The molecule has 0 aromatic heterocycles. The van der Waals surface area contributed by atoms with Crippen molar-refractivity contribution in [1.82, 2.24) is 5.32 Å². The third kappa shape index (κ3) is 7.48. The van der Waals surface area contributed by atoms with E-state index in [9.17, 15) is 0 Å². The second-order valence-electron chi connectivity index (χ2n) is 1.37. The zero-order chi connectivity index (χ0) is 7.11. The van der Waals surface area contributed by atoms with Gasteiger partial charge in [-0.3, -0.25) is 0 Å². The molecular formula is C5H11ClI2N-. The van der Waals surface area contributed by atoms with Crippen LogP contribution < -0.4 is 26.5 Å². The second kappa shape index (κ2) is 7.68. The van der Waals surface area contributed by atoms with Crippen LogP contribution in [0.25, 0.3) is 0 Å². The molecule has 9 heavy (non-hydrogen) atoms. The van der Waals surface area contributed by atoms with E-state index < -0.39 is 0 Å². The predicted octanol–water partition coefficient (Wildman–Crippen LogP) is -1.43. The van der Waals surface area contributed by atoms with Crippen molar-refractivity contribution in [2.45, 2.75) is 11.0 Å². The summed E-state index contributed by atoms with van der Waals surface area (Å²) in [4.78, 5) is 2.23. The topological polar surface area (TPSA) is 12.0 Å². The van der Waals surface area contributed by atoms with Crippen molar-refractivity contribution >= 4 is 36.5 Å². The average Bonchev–Trinajstić information content (AvgIpc) is 1.85. The molecule has 1 atom stereocenters. The van der Waals surface area contributed by atoms with Crippen molar-refractivity contribution in [3.63, 3.8) is 0 Å². The molecule has 1 N–H and O–H groups in total. The molecule has 0 heterocycles. The molecule has 58 valence electrons. The van der Waals surface area contributed by atoms with Crippen LogP contribution in [0.15, 0.2) is 0 Å². The summed E-state index contributed by atoms with van der Waals surface area (Å²) in [7, 11) is 0. The molecule has 0 amide bonds. The Hall–Kier alpha value is 1.58. The summed E-state index contributed by atoms with van der Waals surface area (Å²) in [6, 6.07) is 0. The van der Waals surface area contributed by atoms with Gasteiger partial charge in [0.2, 0.25) is 0 Å². The third-order valence-corrected chi connectivity index (χ3v) is 4.47. The van der Waals surface area contributed by atoms with Crippen molar-refractivity contribution in [2.24, 2.45) is 0 Å². The standard InChI is InChI=1S/C5H11ClI2N/c1-5(8-3-6)9-4-7-2/h4-5,9H,3H2,1-2H3/q-1. The van der Waals surface area contributed by atoms with E-state index in [1.54, 1.807) is 0 Å². The summed E-state index contributed by atoms with van der Waals surface area (Å²) >= 11 is 6.07. The Labute approximate surface area is 81.9 Å². The van der Waals surface area contributed by atoms with Gasteiger partial charge in [0, 0.05) is 0 Å². The normalized spacial score (nSPS) is 15.9. The Morgan fingerprint density at radius 3 is 3.00 bits per heavy atom. The van der Waals surface area contributed by atoms with E-state index in [0.29, 0.717) is 24.8 Å². The van der Waals surface area contributed by atoms with E-state index in [-0.39, 0.29) is 21.2 Å². The van der Waals surface area contributed by atoms with Gasteiger partial charge >= 0.3 is 82.8 Å². The van der Waals surface area contributed by atoms with Crippen LogP contribution in [-0.2, 0) is 0 Å². The van der Waals surface area contributed by atoms with Crippen molar-refractivity contribution in [2.75, 3.05) is 8.82 Å². The van der Waals surface area contributed by atoms with Gasteiger partial charge in [0.1, 0.15) is 0 Å². The first kappa shape index (κ1) is 10.6. The fraction of sp³-hybridized carbons (Fsp3) is 0.800. The van der Waals surface area contributed by atoms with Gasteiger partial charge in [-0.2, -0.15) is 0 Å². The Balaban J connectivity index is 3.15. The Kier molecular flexibility index (Phi) is 9.03. The van der Waals surface area contributed by atoms with Gasteiger partial charge in [-0.1, -0.05) is 0 Å². The van der Waals surface area contributed by atoms with Crippen LogP contribution in [0.5, 0.6) is 0 Å². The molecule has 0 saturated heterocycles. The summed E-state index contributed by atoms with van der Waals surface area (Å²) in [5.74, 6) is 0. The van der Waals surface area contributed by atoms with Gasteiger partial charge in [-0.05, 0) is 0 Å². The summed E-state index contributed by atoms with van der Waals surface area (Å²) in [6.07, 6.45) is 0. The molecule has 0 spiro atoms. The van der Waals surface area contributed by atoms with Gasteiger partial charge in [0.15, 0.2) is 0 Å². The maximum atomic E-state index is 5.58. The van der Waals surface area contributed by atoms with Gasteiger partial charge in [0.25, 0.3) is 0 Å². The molecule has 4 heteroatoms. The van der Waals surface area contributed by atoms with Crippen LogP contribution in [0.3, 0.4) is 0 Å². The molecule has 0 radical (unpaired) electrons. The van der Waals surface area contributed by atoms with Gasteiger partial charge in [0.05, 0.1) is 0 Å². The van der Waals surface area contributed by atoms with E-state index in [4.69, 9.17) is 11.6 Å². The number of alkyl halides is 4. The minimum atomic E-state index is 0.193. The summed E-state index contributed by atoms with van der Waals surface area (Å²) in [5, 5.41) is 3.32. The van der Waals surface area contributed by atoms with E-state index >= 15 is 0 Å². The molecule has 0 aromatic carbocycles. The fourth-order valence-corrected chi connectivity index (χ4v) is 3.98. The van der Waals surface area contributed by atoms with Crippen molar-refractivity contribution < 1.29 is 21.2 Å². The molecule has 0 aromatic rings. The summed E-state index contributed by atoms with van der Waals surface area (Å²) < 4.78 is 3.74. The maximum absolute atomic E-state index is 5.58. The Morgan fingerprint density at radius 2 is 2.56 bits per heavy atom. The first-order valence-corrected chi connectivity index (χ1v) is 9.21. The van der Waals surface area contributed by atoms with E-state index in [1.165, 1.54) is 0 Å². The van der Waals surface area contributed by atoms with Crippen LogP contribution in [0.1, 0.15) is 6.92 Å². The summed E-state index contributed by atoms with van der Waals surface area (Å²) in [5.41, 5.74) is 0. The third-order valence-electron chi connectivity index (χ3n) is 0.692. The van der Waals surface area contributed by atoms with Gasteiger partial charge < -0.3 is 0 Å². The van der Waals surface area contributed by atoms with Crippen molar-refractivity contribution in [1.29, 1.82) is 0 Å². The monoisotopic (exact) mass is 374 g/mol. The van der Waals surface area contributed by atoms with Crippen LogP contribution in [0, 0.1) is 0 Å². The van der Waals surface area contributed by atoms with Gasteiger partial charge in [-0.15, -0.1) is 0 Å². The molecule has 0 aliphatic carbocycles. The molecule has 1 unspecified atom stereocenters. The number of hydrogen-bond donors (Lipinski definition) is 1. The molecule has 0 saturated carbocycles. The first-order chi connectivity index (χ1) is 4.31. The SMILES string of the molecule is CI=CNC(C)[I-]CCl. The van der Waals surface area contributed by atoms with Gasteiger partial charge in [-0.25, -0.2) is 0 Å². The quantitative estimate of drug-likeness (QED) is 0.362. The zero-order valence-electron chi connectivity index (χ0n) is 5.50. The Morgan fingerprint density at radius 1 is 1.89 bits per heavy atom. The molecule has 0 bridgehead atoms. The van der Waals surface area contributed by atoms with Crippen LogP contribution in [0.4, 0.5) is 0 Å². The van der Waals surface area contributed by atoms with Crippen molar-refractivity contribution in [3.8, 4) is 0 Å². The molecular weight excluding hydrogens is 363 g/mol. The first-order valence-electron chi connectivity index (χ1n) is 2.50. The number of rotatable bonds is 4. The van der Waals surface area contributed by atoms with Crippen LogP contribution >= 0.6 is 32.3 Å². The number of nitrogens with one attached hydrogen (secondary N) is 1. The average molecular weight is 374 g/mol. The second-order valence-corrected chi connectivity index (χ2v) is 7.91. The number of halogens is 3. The van der Waals surface area contributed by atoms with E-state index in [2.05, 4.69) is 21.3 Å². The zero-order valence-corrected chi connectivity index (χ0v) is 10.6. The Bertz CT molecular complexity index is 87.0. The molecule has 1 nitrogen and oxygen atoms in total. The molecule has 0 aliphatic rings. The van der Waals surface area contributed by atoms with Crippen LogP contribution in [-0.4, -0.2) is 17.0 Å². The minimum absolute atomic E-state index is 0.193. The molecule has 0 aliphatic heterocycles. The number of hydrogen-bond acceptors (Lipinski definition) is 1. The van der Waals surface area contributed by atoms with E-state index in [0.717, 1.165) is 3.89 Å². The molecule has 0 rings (SSSR count). The van der Waals surface area contributed by atoms with Crippen molar-refractivity contribution in [3.05, 3.63) is 0 Å². The van der Waals surface area contributed by atoms with Crippen LogP contribution in [0.2, 0.25) is 0 Å².